The highest BCUT2D eigenvalue weighted by molar-refractivity contribution is 5.80. The molecule has 3 atom stereocenters. The van der Waals surface area contributed by atoms with Crippen molar-refractivity contribution in [3.8, 4) is 0 Å². The highest BCUT2D eigenvalue weighted by atomic mass is 16.2. The molecule has 1 saturated heterocycles. The molecule has 0 radical (unpaired) electrons. The van der Waals surface area contributed by atoms with E-state index < -0.39 is 0 Å². The van der Waals surface area contributed by atoms with Crippen molar-refractivity contribution in [1.82, 2.24) is 14.5 Å². The van der Waals surface area contributed by atoms with Crippen LogP contribution in [0.5, 0.6) is 0 Å². The number of nitrogens with zero attached hydrogens (tertiary/aromatic N) is 3. The van der Waals surface area contributed by atoms with Crippen LogP contribution < -0.4 is 5.73 Å². The zero-order valence-corrected chi connectivity index (χ0v) is 17.8. The molecule has 1 amide bonds. The van der Waals surface area contributed by atoms with Crippen LogP contribution >= 0.6 is 0 Å². The molecule has 1 aliphatic heterocycles. The van der Waals surface area contributed by atoms with E-state index in [1.165, 1.54) is 24.8 Å². The Kier molecular flexibility index (Phi) is 4.89. The Morgan fingerprint density at radius 2 is 1.83 bits per heavy atom. The van der Waals surface area contributed by atoms with Crippen molar-refractivity contribution in [3.05, 3.63) is 30.1 Å². The van der Waals surface area contributed by atoms with Gasteiger partial charge in [0.15, 0.2) is 0 Å². The fourth-order valence-corrected chi connectivity index (χ4v) is 6.37. The third kappa shape index (κ3) is 3.18. The quantitative estimate of drug-likeness (QED) is 0.837. The molecule has 3 aliphatic rings. The Hall–Kier alpha value is -1.88. The molecule has 5 heteroatoms. The minimum Gasteiger partial charge on any atom is -0.332 e. The zero-order chi connectivity index (χ0) is 20.1. The number of likely N-dealkylation sites (tertiary alicyclic amines) is 1. The summed E-state index contributed by atoms with van der Waals surface area (Å²) in [5.74, 6) is 2.66. The number of fused-ring (bicyclic) bond motifs is 3. The lowest BCUT2D eigenvalue weighted by Crippen LogP contribution is -2.49. The third-order valence-corrected chi connectivity index (χ3v) is 7.74. The molecule has 1 aromatic carbocycles. The number of hydrogen-bond acceptors (Lipinski definition) is 3. The number of hydrogen-bond donors (Lipinski definition) is 1. The predicted octanol–water partition coefficient (Wildman–Crippen LogP) is 4.43. The molecule has 156 valence electrons. The van der Waals surface area contributed by atoms with Crippen molar-refractivity contribution in [1.29, 1.82) is 0 Å². The molecule has 2 aliphatic carbocycles. The number of para-hydroxylation sites is 2. The van der Waals surface area contributed by atoms with Crippen LogP contribution in [-0.2, 0) is 4.79 Å². The van der Waals surface area contributed by atoms with Crippen LogP contribution in [0.1, 0.15) is 76.7 Å². The molecule has 2 aromatic rings. The molecule has 3 fully saturated rings. The topological polar surface area (TPSA) is 64.2 Å². The number of benzene rings is 1. The van der Waals surface area contributed by atoms with E-state index in [0.29, 0.717) is 29.8 Å². The van der Waals surface area contributed by atoms with Crippen LogP contribution in [0.3, 0.4) is 0 Å². The van der Waals surface area contributed by atoms with E-state index in [9.17, 15) is 4.79 Å². The Bertz CT molecular complexity index is 889. The summed E-state index contributed by atoms with van der Waals surface area (Å²) in [4.78, 5) is 20.8. The highest BCUT2D eigenvalue weighted by Crippen LogP contribution is 2.44. The summed E-state index contributed by atoms with van der Waals surface area (Å²) < 4.78 is 2.34. The first-order valence-corrected chi connectivity index (χ1v) is 11.6. The monoisotopic (exact) mass is 394 g/mol. The minimum absolute atomic E-state index is 0.104. The summed E-state index contributed by atoms with van der Waals surface area (Å²) in [5, 5.41) is 0. The van der Waals surface area contributed by atoms with E-state index in [1.54, 1.807) is 0 Å². The Morgan fingerprint density at radius 3 is 2.55 bits per heavy atom. The standard InChI is InChI=1S/C24H34N4O/c1-15(2)28-20-10-4-3-9-19(20)26-23(28)21-11-6-12-27(21)24(29)18-13-16-7-5-8-17(14-18)22(16)25/h3-4,9-10,15-18,21-22H,5-8,11-14,25H2,1-2H3. The Morgan fingerprint density at radius 1 is 1.10 bits per heavy atom. The van der Waals surface area contributed by atoms with Crippen LogP contribution in [0.4, 0.5) is 0 Å². The molecular formula is C24H34N4O. The van der Waals surface area contributed by atoms with Gasteiger partial charge in [0.1, 0.15) is 5.82 Å². The third-order valence-electron chi connectivity index (χ3n) is 7.74. The highest BCUT2D eigenvalue weighted by Gasteiger charge is 2.44. The normalized spacial score (nSPS) is 32.3. The second-order valence-corrected chi connectivity index (χ2v) is 9.81. The van der Waals surface area contributed by atoms with E-state index in [-0.39, 0.29) is 12.0 Å². The van der Waals surface area contributed by atoms with Gasteiger partial charge in [-0.05, 0) is 76.3 Å². The number of aromatic nitrogens is 2. The molecule has 2 saturated carbocycles. The number of carbonyl (C=O) groups is 1. The smallest absolute Gasteiger partial charge is 0.226 e. The number of amides is 1. The van der Waals surface area contributed by atoms with Crippen molar-refractivity contribution < 1.29 is 4.79 Å². The average molecular weight is 395 g/mol. The molecule has 0 spiro atoms. The number of rotatable bonds is 3. The Balaban J connectivity index is 1.44. The van der Waals surface area contributed by atoms with Gasteiger partial charge in [-0.25, -0.2) is 4.98 Å². The van der Waals surface area contributed by atoms with Crippen LogP contribution in [-0.4, -0.2) is 32.9 Å². The summed E-state index contributed by atoms with van der Waals surface area (Å²) >= 11 is 0. The van der Waals surface area contributed by atoms with E-state index in [2.05, 4.69) is 41.5 Å². The maximum atomic E-state index is 13.7. The van der Waals surface area contributed by atoms with Crippen LogP contribution in [0.25, 0.3) is 11.0 Å². The molecule has 3 unspecified atom stereocenters. The van der Waals surface area contributed by atoms with Gasteiger partial charge in [0.2, 0.25) is 5.91 Å². The molecule has 2 bridgehead atoms. The van der Waals surface area contributed by atoms with Gasteiger partial charge in [0.05, 0.1) is 17.1 Å². The molecule has 1 aromatic heterocycles. The first kappa shape index (κ1) is 19.1. The van der Waals surface area contributed by atoms with Gasteiger partial charge >= 0.3 is 0 Å². The summed E-state index contributed by atoms with van der Waals surface area (Å²) in [5.41, 5.74) is 8.69. The predicted molar refractivity (Wildman–Crippen MR) is 115 cm³/mol. The fourth-order valence-electron chi connectivity index (χ4n) is 6.37. The van der Waals surface area contributed by atoms with E-state index in [4.69, 9.17) is 10.7 Å². The van der Waals surface area contributed by atoms with E-state index in [1.807, 2.05) is 6.07 Å². The molecule has 2 N–H and O–H groups in total. The fraction of sp³-hybridized carbons (Fsp3) is 0.667. The summed E-state index contributed by atoms with van der Waals surface area (Å²) in [6.07, 6.45) is 7.75. The van der Waals surface area contributed by atoms with Crippen molar-refractivity contribution in [3.63, 3.8) is 0 Å². The molecule has 5 nitrogen and oxygen atoms in total. The first-order valence-electron chi connectivity index (χ1n) is 11.6. The SMILES string of the molecule is CC(C)n1c(C2CCCN2C(=O)C2CC3CCCC(C2)C3N)nc2ccccc21. The maximum Gasteiger partial charge on any atom is 0.226 e. The van der Waals surface area contributed by atoms with Crippen molar-refractivity contribution in [2.24, 2.45) is 23.5 Å². The number of imidazole rings is 1. The largest absolute Gasteiger partial charge is 0.332 e. The molecule has 2 heterocycles. The van der Waals surface area contributed by atoms with Crippen LogP contribution in [0, 0.1) is 17.8 Å². The summed E-state index contributed by atoms with van der Waals surface area (Å²) in [6.45, 7) is 5.29. The van der Waals surface area contributed by atoms with Crippen molar-refractivity contribution >= 4 is 16.9 Å². The van der Waals surface area contributed by atoms with Gasteiger partial charge in [-0.1, -0.05) is 18.6 Å². The second kappa shape index (κ2) is 7.42. The van der Waals surface area contributed by atoms with Crippen molar-refractivity contribution in [2.45, 2.75) is 76.9 Å². The van der Waals surface area contributed by atoms with E-state index in [0.717, 1.165) is 43.6 Å². The van der Waals surface area contributed by atoms with Gasteiger partial charge in [-0.2, -0.15) is 0 Å². The van der Waals surface area contributed by atoms with Crippen LogP contribution in [0.15, 0.2) is 24.3 Å². The number of nitrogens with two attached hydrogens (primary N) is 1. The molecule has 5 rings (SSSR count). The average Bonchev–Trinajstić information content (AvgIpc) is 3.31. The molecular weight excluding hydrogens is 360 g/mol. The Labute approximate surface area is 173 Å². The lowest BCUT2D eigenvalue weighted by atomic mass is 9.65. The molecule has 29 heavy (non-hydrogen) atoms. The minimum atomic E-state index is 0.104. The lowest BCUT2D eigenvalue weighted by molar-refractivity contribution is -0.139. The van der Waals surface area contributed by atoms with Gasteiger partial charge in [0, 0.05) is 24.5 Å². The summed E-state index contributed by atoms with van der Waals surface area (Å²) in [7, 11) is 0. The van der Waals surface area contributed by atoms with Crippen LogP contribution in [0.2, 0.25) is 0 Å². The maximum absolute atomic E-state index is 13.7. The van der Waals surface area contributed by atoms with Gasteiger partial charge < -0.3 is 15.2 Å². The van der Waals surface area contributed by atoms with E-state index >= 15 is 0 Å². The zero-order valence-electron chi connectivity index (χ0n) is 17.8. The van der Waals surface area contributed by atoms with Gasteiger partial charge in [0.25, 0.3) is 0 Å². The van der Waals surface area contributed by atoms with Gasteiger partial charge in [-0.3, -0.25) is 4.79 Å². The number of carbonyl (C=O) groups excluding carboxylic acids is 1. The first-order chi connectivity index (χ1) is 14.0. The second-order valence-electron chi connectivity index (χ2n) is 9.81. The van der Waals surface area contributed by atoms with Gasteiger partial charge in [-0.15, -0.1) is 0 Å². The summed E-state index contributed by atoms with van der Waals surface area (Å²) in [6, 6.07) is 9.10. The lowest BCUT2D eigenvalue weighted by Gasteiger charge is -2.44. The van der Waals surface area contributed by atoms with Crippen molar-refractivity contribution in [2.75, 3.05) is 6.54 Å².